The van der Waals surface area contributed by atoms with Gasteiger partial charge >= 0.3 is 29.6 Å². The predicted molar refractivity (Wildman–Crippen MR) is 181 cm³/mol. The van der Waals surface area contributed by atoms with Gasteiger partial charge in [-0.3, -0.25) is 9.59 Å². The number of aromatic amines is 1. The number of pyridine rings is 2. The number of thiazole rings is 1. The van der Waals surface area contributed by atoms with Crippen LogP contribution in [-0.2, 0) is 17.6 Å². The summed E-state index contributed by atoms with van der Waals surface area (Å²) in [5.41, 5.74) is 4.65. The average molecular weight is 684 g/mol. The van der Waals surface area contributed by atoms with Crippen LogP contribution in [0.25, 0.3) is 21.5 Å². The van der Waals surface area contributed by atoms with E-state index >= 15 is 0 Å². The summed E-state index contributed by atoms with van der Waals surface area (Å²) in [4.78, 5) is 51.5. The monoisotopic (exact) mass is 683 g/mol. The summed E-state index contributed by atoms with van der Waals surface area (Å²) in [5, 5.41) is 14.9. The number of carboxylic acids is 1. The van der Waals surface area contributed by atoms with Crippen molar-refractivity contribution in [3.05, 3.63) is 80.6 Å². The van der Waals surface area contributed by atoms with E-state index < -0.39 is 23.3 Å². The van der Waals surface area contributed by atoms with Crippen molar-refractivity contribution in [3.63, 3.8) is 0 Å². The van der Waals surface area contributed by atoms with Gasteiger partial charge in [0.1, 0.15) is 10.3 Å². The van der Waals surface area contributed by atoms with Crippen molar-refractivity contribution in [1.29, 1.82) is 0 Å². The van der Waals surface area contributed by atoms with E-state index in [4.69, 9.17) is 9.97 Å². The number of hydrogen-bond acceptors (Lipinski definition) is 8. The molecule has 1 aromatic carbocycles. The Bertz CT molecular complexity index is 1810. The van der Waals surface area contributed by atoms with Gasteiger partial charge in [0.05, 0.1) is 6.04 Å². The van der Waals surface area contributed by atoms with Gasteiger partial charge in [-0.15, -0.1) is 0 Å². The molecule has 2 aliphatic rings. The molecule has 1 aliphatic heterocycles. The smallest absolute Gasteiger partial charge is 0.550 e. The number of fused-ring (bicyclic) bond motifs is 2. The molecule has 0 saturated carbocycles. The van der Waals surface area contributed by atoms with Crippen LogP contribution in [0.5, 0.6) is 0 Å². The Morgan fingerprint density at radius 3 is 2.46 bits per heavy atom. The second kappa shape index (κ2) is 15.7. The van der Waals surface area contributed by atoms with E-state index in [1.165, 1.54) is 29.2 Å². The van der Waals surface area contributed by atoms with E-state index in [2.05, 4.69) is 42.0 Å². The van der Waals surface area contributed by atoms with Crippen LogP contribution in [0.3, 0.4) is 0 Å². The van der Waals surface area contributed by atoms with Crippen LogP contribution in [0.4, 0.5) is 4.39 Å². The van der Waals surface area contributed by atoms with Gasteiger partial charge < -0.3 is 25.1 Å². The summed E-state index contributed by atoms with van der Waals surface area (Å²) in [6.07, 6.45) is 6.15. The van der Waals surface area contributed by atoms with Gasteiger partial charge in [-0.05, 0) is 91.8 Å². The van der Waals surface area contributed by atoms with Crippen molar-refractivity contribution in [2.75, 3.05) is 19.6 Å². The molecule has 2 N–H and O–H groups in total. The van der Waals surface area contributed by atoms with Gasteiger partial charge in [-0.2, -0.15) is 0 Å². The number of halogens is 1. The molecule has 4 aromatic rings. The number of benzene rings is 1. The van der Waals surface area contributed by atoms with E-state index in [9.17, 15) is 23.9 Å². The maximum absolute atomic E-state index is 13.9. The molecule has 2 atom stereocenters. The summed E-state index contributed by atoms with van der Waals surface area (Å²) >= 11 is 1.30. The zero-order chi connectivity index (χ0) is 32.6. The predicted octanol–water partition coefficient (Wildman–Crippen LogP) is 2.30. The van der Waals surface area contributed by atoms with Crippen LogP contribution < -0.4 is 45.5 Å². The van der Waals surface area contributed by atoms with Crippen LogP contribution in [0.2, 0.25) is 0 Å². The van der Waals surface area contributed by atoms with Gasteiger partial charge in [0.15, 0.2) is 10.8 Å². The molecular weight excluding hydrogens is 640 g/mol. The molecular formula is C36H43FN5NaO4S. The fraction of sp³-hybridized carbons (Fsp3) is 0.472. The van der Waals surface area contributed by atoms with E-state index in [1.54, 1.807) is 0 Å². The van der Waals surface area contributed by atoms with Crippen molar-refractivity contribution < 1.29 is 48.6 Å². The second-order valence-corrected chi connectivity index (χ2v) is 14.7. The minimum atomic E-state index is -0.993. The minimum absolute atomic E-state index is 0. The van der Waals surface area contributed by atoms with Crippen LogP contribution >= 0.6 is 11.3 Å². The quantitative estimate of drug-likeness (QED) is 0.273. The molecule has 0 bridgehead atoms. The van der Waals surface area contributed by atoms with Gasteiger partial charge in [0, 0.05) is 35.9 Å². The molecule has 1 saturated heterocycles. The number of nitrogens with one attached hydrogen (secondary N) is 2. The van der Waals surface area contributed by atoms with Crippen LogP contribution in [0.1, 0.15) is 86.5 Å². The Morgan fingerprint density at radius 1 is 1.10 bits per heavy atom. The minimum Gasteiger partial charge on any atom is -0.550 e. The number of hydrogen-bond donors (Lipinski definition) is 2. The maximum Gasteiger partial charge on any atom is 1.00 e. The van der Waals surface area contributed by atoms with Crippen LogP contribution in [0.15, 0.2) is 47.4 Å². The third kappa shape index (κ3) is 8.60. The zero-order valence-electron chi connectivity index (χ0n) is 27.4. The molecule has 0 unspecified atom stereocenters. The summed E-state index contributed by atoms with van der Waals surface area (Å²) < 4.78 is 13.9. The number of carbonyl (C=O) groups is 2. The molecule has 3 aromatic heterocycles. The second-order valence-electron chi connectivity index (χ2n) is 13.7. The number of H-pyrrole nitrogens is 1. The van der Waals surface area contributed by atoms with Gasteiger partial charge in [0.2, 0.25) is 0 Å². The van der Waals surface area contributed by atoms with Gasteiger partial charge in [-0.25, -0.2) is 14.4 Å². The molecule has 12 heteroatoms. The maximum atomic E-state index is 13.9. The van der Waals surface area contributed by atoms with E-state index in [1.807, 2.05) is 24.3 Å². The van der Waals surface area contributed by atoms with Crippen LogP contribution in [0, 0.1) is 23.1 Å². The number of carbonyl (C=O) groups excluding carboxylic acids is 2. The van der Waals surface area contributed by atoms with Crippen molar-refractivity contribution in [1.82, 2.24) is 25.2 Å². The number of aromatic nitrogens is 3. The Labute approximate surface area is 307 Å². The van der Waals surface area contributed by atoms with Crippen LogP contribution in [-0.4, -0.2) is 51.4 Å². The van der Waals surface area contributed by atoms with Crippen molar-refractivity contribution in [2.45, 2.75) is 72.8 Å². The molecule has 1 aliphatic carbocycles. The number of likely N-dealkylation sites (tertiary alicyclic amines) is 1. The Morgan fingerprint density at radius 2 is 1.81 bits per heavy atom. The first kappa shape index (κ1) is 37.9. The molecule has 250 valence electrons. The normalized spacial score (nSPS) is 17.5. The molecule has 1 amide bonds. The van der Waals surface area contributed by atoms with Crippen molar-refractivity contribution in [2.24, 2.45) is 17.3 Å². The first-order valence-electron chi connectivity index (χ1n) is 16.0. The Kier molecular flexibility index (Phi) is 12.4. The standard InChI is InChI=1S/C35H40FN5O4S.CH4.Na/c1-35(2,3)25-8-9-27-23(16-25)18-29-32(39-27)46-33(40-29)31(43)38-28(12-15-41-13-10-22(11-14-41)34(44)45)21-6-4-20(5-7-21)24-17-26(36)30(42)37-19-24;;/h4-7,17-19,22,25,28H,8-16H2,1-3H3,(H,37,42)(H,38,43)(H,44,45);1H4;/q;;+1/p-1/t25-,28+;;/m0../s1. The molecule has 0 radical (unpaired) electrons. The van der Waals surface area contributed by atoms with E-state index in [0.717, 1.165) is 46.4 Å². The van der Waals surface area contributed by atoms with Gasteiger partial charge in [-0.1, -0.05) is 63.8 Å². The fourth-order valence-corrected chi connectivity index (χ4v) is 7.47. The third-order valence-corrected chi connectivity index (χ3v) is 10.6. The Balaban J connectivity index is 0.00000260. The van der Waals surface area contributed by atoms with E-state index in [-0.39, 0.29) is 54.3 Å². The molecule has 48 heavy (non-hydrogen) atoms. The zero-order valence-corrected chi connectivity index (χ0v) is 30.2. The van der Waals surface area contributed by atoms with E-state index in [0.29, 0.717) is 55.4 Å². The topological polar surface area (TPSA) is 131 Å². The summed E-state index contributed by atoms with van der Waals surface area (Å²) in [6, 6.07) is 10.4. The van der Waals surface area contributed by atoms with Crippen molar-refractivity contribution >= 4 is 33.6 Å². The first-order valence-corrected chi connectivity index (χ1v) is 16.8. The largest absolute Gasteiger partial charge is 1.00 e. The number of aliphatic carboxylic acids is 1. The molecule has 6 rings (SSSR count). The Hall–Kier alpha value is -2.96. The molecule has 9 nitrogen and oxygen atoms in total. The summed E-state index contributed by atoms with van der Waals surface area (Å²) in [5.74, 6) is -1.97. The SMILES string of the molecule is C.CC(C)(C)[C@H]1CCc2nc3sc(C(=O)N[C@H](CCN4CCC(C(=O)[O-])CC4)c4ccc(-c5c[nH]c(=O)c(F)c5)cc4)nc3cc2C1.[Na+]. The molecule has 4 heterocycles. The summed E-state index contributed by atoms with van der Waals surface area (Å²) in [7, 11) is 0. The summed E-state index contributed by atoms with van der Waals surface area (Å²) in [6.45, 7) is 8.82. The number of aryl methyl sites for hydroxylation is 1. The first-order chi connectivity index (χ1) is 21.9. The molecule has 0 spiro atoms. The number of piperidine rings is 1. The number of nitrogens with zero attached hydrogens (tertiary/aromatic N) is 3. The fourth-order valence-electron chi connectivity index (χ4n) is 6.63. The van der Waals surface area contributed by atoms with Crippen molar-refractivity contribution in [3.8, 4) is 11.1 Å². The number of carboxylic acid groups (broad SMARTS) is 1. The molecule has 1 fully saturated rings. The third-order valence-electron chi connectivity index (χ3n) is 9.63. The number of amides is 1. The average Bonchev–Trinajstić information content (AvgIpc) is 3.46. The van der Waals surface area contributed by atoms with Gasteiger partial charge in [0.25, 0.3) is 11.5 Å². The number of rotatable bonds is 8.